The number of nitrogens with zero attached hydrogens (tertiary/aromatic N) is 1. The largest absolute Gasteiger partial charge is 0.481 e. The van der Waals surface area contributed by atoms with Crippen LogP contribution in [0.4, 0.5) is 0 Å². The van der Waals surface area contributed by atoms with Gasteiger partial charge in [0, 0.05) is 5.57 Å². The van der Waals surface area contributed by atoms with Crippen molar-refractivity contribution >= 4 is 12.0 Å². The molecule has 0 amide bonds. The van der Waals surface area contributed by atoms with Crippen molar-refractivity contribution in [2.24, 2.45) is 0 Å². The van der Waals surface area contributed by atoms with Crippen LogP contribution in [0.15, 0.2) is 48.1 Å². The zero-order chi connectivity index (χ0) is 11.8. The summed E-state index contributed by atoms with van der Waals surface area (Å²) in [5.41, 5.74) is 1.24. The zero-order valence-corrected chi connectivity index (χ0v) is 8.63. The van der Waals surface area contributed by atoms with E-state index in [2.05, 4.69) is 0 Å². The highest BCUT2D eigenvalue weighted by Gasteiger charge is 2.00. The first-order valence-corrected chi connectivity index (χ1v) is 4.76. The molecule has 0 bridgehead atoms. The molecule has 0 spiro atoms. The Balaban J connectivity index is 2.68. The van der Waals surface area contributed by atoms with Gasteiger partial charge in [-0.05, 0) is 11.6 Å². The first-order chi connectivity index (χ1) is 7.72. The van der Waals surface area contributed by atoms with Crippen LogP contribution < -0.4 is 0 Å². The van der Waals surface area contributed by atoms with Crippen molar-refractivity contribution in [1.82, 2.24) is 0 Å². The standard InChI is InChI=1S/C13H11NO2/c14-10-12(9-13(15)16)8-4-7-11-5-2-1-3-6-11/h1-8H,9H2,(H,15,16). The van der Waals surface area contributed by atoms with E-state index < -0.39 is 5.97 Å². The first-order valence-electron chi connectivity index (χ1n) is 4.76. The summed E-state index contributed by atoms with van der Waals surface area (Å²) in [4.78, 5) is 10.4. The zero-order valence-electron chi connectivity index (χ0n) is 8.63. The monoisotopic (exact) mass is 213 g/mol. The Hall–Kier alpha value is -2.34. The number of aliphatic carboxylic acids is 1. The molecule has 0 saturated heterocycles. The Labute approximate surface area is 94.0 Å². The molecule has 0 atom stereocenters. The number of carboxylic acid groups (broad SMARTS) is 1. The van der Waals surface area contributed by atoms with Crippen LogP contribution in [0.5, 0.6) is 0 Å². The molecule has 3 heteroatoms. The molecule has 80 valence electrons. The van der Waals surface area contributed by atoms with Crippen LogP contribution in [0.2, 0.25) is 0 Å². The molecule has 1 rings (SSSR count). The molecule has 1 aromatic rings. The second-order valence-corrected chi connectivity index (χ2v) is 3.14. The fourth-order valence-corrected chi connectivity index (χ4v) is 1.14. The average molecular weight is 213 g/mol. The van der Waals surface area contributed by atoms with Crippen LogP contribution in [-0.4, -0.2) is 11.1 Å². The maximum atomic E-state index is 10.4. The van der Waals surface area contributed by atoms with Gasteiger partial charge in [-0.15, -0.1) is 0 Å². The van der Waals surface area contributed by atoms with Gasteiger partial charge >= 0.3 is 5.97 Å². The Morgan fingerprint density at radius 2 is 2.06 bits per heavy atom. The van der Waals surface area contributed by atoms with Gasteiger partial charge in [0.1, 0.15) is 0 Å². The van der Waals surface area contributed by atoms with Gasteiger partial charge in [-0.3, -0.25) is 4.79 Å². The average Bonchev–Trinajstić information content (AvgIpc) is 2.28. The van der Waals surface area contributed by atoms with E-state index in [4.69, 9.17) is 10.4 Å². The highest BCUT2D eigenvalue weighted by molar-refractivity contribution is 5.71. The molecule has 0 aliphatic rings. The van der Waals surface area contributed by atoms with Crippen LogP contribution >= 0.6 is 0 Å². The van der Waals surface area contributed by atoms with E-state index >= 15 is 0 Å². The lowest BCUT2D eigenvalue weighted by Crippen LogP contribution is -1.95. The number of hydrogen-bond acceptors (Lipinski definition) is 2. The van der Waals surface area contributed by atoms with Crippen LogP contribution in [0.3, 0.4) is 0 Å². The summed E-state index contributed by atoms with van der Waals surface area (Å²) in [6.45, 7) is 0. The number of rotatable bonds is 4. The maximum Gasteiger partial charge on any atom is 0.308 e. The van der Waals surface area contributed by atoms with Crippen molar-refractivity contribution < 1.29 is 9.90 Å². The van der Waals surface area contributed by atoms with Crippen LogP contribution in [0, 0.1) is 11.3 Å². The number of carboxylic acids is 1. The number of hydrogen-bond donors (Lipinski definition) is 1. The van der Waals surface area contributed by atoms with Gasteiger partial charge < -0.3 is 5.11 Å². The minimum Gasteiger partial charge on any atom is -0.481 e. The molecule has 0 aromatic heterocycles. The molecule has 1 N–H and O–H groups in total. The van der Waals surface area contributed by atoms with Gasteiger partial charge in [0.05, 0.1) is 12.5 Å². The molecular formula is C13H11NO2. The molecule has 0 aliphatic carbocycles. The van der Waals surface area contributed by atoms with Gasteiger partial charge in [0.25, 0.3) is 0 Å². The smallest absolute Gasteiger partial charge is 0.308 e. The van der Waals surface area contributed by atoms with E-state index in [9.17, 15) is 4.79 Å². The number of nitriles is 1. The minimum absolute atomic E-state index is 0.236. The second-order valence-electron chi connectivity index (χ2n) is 3.14. The summed E-state index contributed by atoms with van der Waals surface area (Å²) in [7, 11) is 0. The van der Waals surface area contributed by atoms with Crippen molar-refractivity contribution in [3.05, 3.63) is 53.6 Å². The third-order valence-electron chi connectivity index (χ3n) is 1.87. The lowest BCUT2D eigenvalue weighted by Gasteiger charge is -1.91. The van der Waals surface area contributed by atoms with Crippen LogP contribution in [-0.2, 0) is 4.79 Å². The van der Waals surface area contributed by atoms with Crippen molar-refractivity contribution in [2.45, 2.75) is 6.42 Å². The Kier molecular flexibility index (Phi) is 4.55. The number of carbonyl (C=O) groups is 1. The molecular weight excluding hydrogens is 202 g/mol. The van der Waals surface area contributed by atoms with Gasteiger partial charge in [0.15, 0.2) is 0 Å². The number of allylic oxidation sites excluding steroid dienone is 2. The molecule has 16 heavy (non-hydrogen) atoms. The molecule has 0 radical (unpaired) electrons. The van der Waals surface area contributed by atoms with Crippen LogP contribution in [0.1, 0.15) is 12.0 Å². The molecule has 0 unspecified atom stereocenters. The molecule has 0 fully saturated rings. The third-order valence-corrected chi connectivity index (χ3v) is 1.87. The van der Waals surface area contributed by atoms with E-state index in [1.165, 1.54) is 6.08 Å². The summed E-state index contributed by atoms with van der Waals surface area (Å²) in [5, 5.41) is 17.2. The fraction of sp³-hybridized carbons (Fsp3) is 0.0769. The van der Waals surface area contributed by atoms with E-state index in [0.717, 1.165) is 5.56 Å². The van der Waals surface area contributed by atoms with Gasteiger partial charge in [-0.25, -0.2) is 0 Å². The summed E-state index contributed by atoms with van der Waals surface area (Å²) in [6.07, 6.45) is 4.77. The Morgan fingerprint density at radius 1 is 1.38 bits per heavy atom. The van der Waals surface area contributed by atoms with E-state index in [0.29, 0.717) is 0 Å². The SMILES string of the molecule is N#CC(=CC=Cc1ccccc1)CC(=O)O. The summed E-state index contributed by atoms with van der Waals surface area (Å²) >= 11 is 0. The lowest BCUT2D eigenvalue weighted by molar-refractivity contribution is -0.136. The molecule has 1 aromatic carbocycles. The van der Waals surface area contributed by atoms with Crippen LogP contribution in [0.25, 0.3) is 6.08 Å². The summed E-state index contributed by atoms with van der Waals surface area (Å²) in [6, 6.07) is 11.4. The third kappa shape index (κ3) is 4.25. The summed E-state index contributed by atoms with van der Waals surface area (Å²) in [5.74, 6) is -0.999. The highest BCUT2D eigenvalue weighted by Crippen LogP contribution is 2.04. The van der Waals surface area contributed by atoms with Gasteiger partial charge in [-0.2, -0.15) is 5.26 Å². The first kappa shape index (κ1) is 11.7. The van der Waals surface area contributed by atoms with E-state index in [1.54, 1.807) is 6.08 Å². The predicted molar refractivity (Wildman–Crippen MR) is 61.4 cm³/mol. The van der Waals surface area contributed by atoms with E-state index in [-0.39, 0.29) is 12.0 Å². The Bertz CT molecular complexity index is 453. The summed E-state index contributed by atoms with van der Waals surface area (Å²) < 4.78 is 0. The molecule has 0 aliphatic heterocycles. The normalized spacial score (nSPS) is 11.3. The van der Waals surface area contributed by atoms with Crippen molar-refractivity contribution in [2.75, 3.05) is 0 Å². The Morgan fingerprint density at radius 3 is 2.62 bits per heavy atom. The van der Waals surface area contributed by atoms with Crippen molar-refractivity contribution in [3.8, 4) is 6.07 Å². The highest BCUT2D eigenvalue weighted by atomic mass is 16.4. The maximum absolute atomic E-state index is 10.4. The predicted octanol–water partition coefficient (Wildman–Crippen LogP) is 2.62. The fourth-order valence-electron chi connectivity index (χ4n) is 1.14. The number of benzene rings is 1. The van der Waals surface area contributed by atoms with Crippen molar-refractivity contribution in [1.29, 1.82) is 5.26 Å². The molecule has 0 saturated carbocycles. The second kappa shape index (κ2) is 6.20. The lowest BCUT2D eigenvalue weighted by atomic mass is 10.1. The van der Waals surface area contributed by atoms with E-state index in [1.807, 2.05) is 42.5 Å². The van der Waals surface area contributed by atoms with Gasteiger partial charge in [0.2, 0.25) is 0 Å². The van der Waals surface area contributed by atoms with Gasteiger partial charge in [-0.1, -0.05) is 42.5 Å². The van der Waals surface area contributed by atoms with Crippen molar-refractivity contribution in [3.63, 3.8) is 0 Å². The molecule has 3 nitrogen and oxygen atoms in total. The minimum atomic E-state index is -0.999. The molecule has 0 heterocycles. The quantitative estimate of drug-likeness (QED) is 0.617. The topological polar surface area (TPSA) is 61.1 Å².